The van der Waals surface area contributed by atoms with Crippen LogP contribution in [0.1, 0.15) is 24.5 Å². The Kier molecular flexibility index (Phi) is 3.00. The molecule has 22 heavy (non-hydrogen) atoms. The molecule has 3 heteroatoms. The third-order valence-corrected chi connectivity index (χ3v) is 4.18. The molecule has 1 saturated carbocycles. The molecular weight excluding hydrogens is 276 g/mol. The Morgan fingerprint density at radius 2 is 1.82 bits per heavy atom. The highest BCUT2D eigenvalue weighted by atomic mass is 16.5. The third kappa shape index (κ3) is 2.10. The summed E-state index contributed by atoms with van der Waals surface area (Å²) in [5.41, 5.74) is 1.84. The highest BCUT2D eigenvalue weighted by Gasteiger charge is 2.31. The van der Waals surface area contributed by atoms with Crippen molar-refractivity contribution in [2.45, 2.75) is 18.8 Å². The quantitative estimate of drug-likeness (QED) is 0.720. The molecule has 0 atom stereocenters. The van der Waals surface area contributed by atoms with Crippen LogP contribution in [0.2, 0.25) is 0 Å². The third-order valence-electron chi connectivity index (χ3n) is 4.18. The minimum Gasteiger partial charge on any atom is -0.497 e. The van der Waals surface area contributed by atoms with Gasteiger partial charge in [0, 0.05) is 16.9 Å². The predicted molar refractivity (Wildman–Crippen MR) is 86.4 cm³/mol. The van der Waals surface area contributed by atoms with Crippen molar-refractivity contribution in [3.8, 4) is 16.9 Å². The molecule has 3 nitrogen and oxygen atoms in total. The Morgan fingerprint density at radius 3 is 2.50 bits per heavy atom. The van der Waals surface area contributed by atoms with Gasteiger partial charge in [-0.25, -0.2) is 4.79 Å². The monoisotopic (exact) mass is 292 g/mol. The Morgan fingerprint density at radius 1 is 1.05 bits per heavy atom. The Hall–Kier alpha value is -2.55. The lowest BCUT2D eigenvalue weighted by atomic mass is 9.96. The zero-order chi connectivity index (χ0) is 15.1. The van der Waals surface area contributed by atoms with Crippen LogP contribution >= 0.6 is 0 Å². The summed E-state index contributed by atoms with van der Waals surface area (Å²) in [6, 6.07) is 15.6. The fourth-order valence-electron chi connectivity index (χ4n) is 2.91. The van der Waals surface area contributed by atoms with E-state index in [1.807, 2.05) is 24.3 Å². The molecule has 2 aromatic carbocycles. The van der Waals surface area contributed by atoms with Gasteiger partial charge in [0.25, 0.3) is 0 Å². The maximum absolute atomic E-state index is 12.3. The summed E-state index contributed by atoms with van der Waals surface area (Å²) in [5.74, 6) is 1.92. The first-order valence-corrected chi connectivity index (χ1v) is 7.48. The van der Waals surface area contributed by atoms with Gasteiger partial charge in [-0.15, -0.1) is 0 Å². The molecule has 1 heterocycles. The van der Waals surface area contributed by atoms with E-state index in [0.29, 0.717) is 11.3 Å². The van der Waals surface area contributed by atoms with Crippen LogP contribution in [0.15, 0.2) is 57.7 Å². The summed E-state index contributed by atoms with van der Waals surface area (Å²) >= 11 is 0. The SMILES string of the molecule is COc1ccc2c(=O)oc(C3CC3)c(-c3ccccc3)c2c1. The van der Waals surface area contributed by atoms with Crippen molar-refractivity contribution in [1.29, 1.82) is 0 Å². The molecule has 0 N–H and O–H groups in total. The number of fused-ring (bicyclic) bond motifs is 1. The Labute approximate surface area is 128 Å². The van der Waals surface area contributed by atoms with Crippen molar-refractivity contribution in [3.05, 3.63) is 64.7 Å². The number of hydrogen-bond donors (Lipinski definition) is 0. The largest absolute Gasteiger partial charge is 0.497 e. The molecule has 4 rings (SSSR count). The fourth-order valence-corrected chi connectivity index (χ4v) is 2.91. The van der Waals surface area contributed by atoms with E-state index in [2.05, 4.69) is 12.1 Å². The van der Waals surface area contributed by atoms with E-state index >= 15 is 0 Å². The number of ether oxygens (including phenoxy) is 1. The molecule has 110 valence electrons. The average Bonchev–Trinajstić information content (AvgIpc) is 3.40. The Bertz CT molecular complexity index is 890. The second kappa shape index (κ2) is 5.02. The van der Waals surface area contributed by atoms with Crippen molar-refractivity contribution >= 4 is 10.8 Å². The van der Waals surface area contributed by atoms with Crippen molar-refractivity contribution in [1.82, 2.24) is 0 Å². The zero-order valence-electron chi connectivity index (χ0n) is 12.3. The Balaban J connectivity index is 2.12. The number of benzene rings is 2. The first kappa shape index (κ1) is 13.1. The molecule has 0 radical (unpaired) electrons. The maximum Gasteiger partial charge on any atom is 0.343 e. The van der Waals surface area contributed by atoms with Gasteiger partial charge in [-0.1, -0.05) is 30.3 Å². The summed E-state index contributed by atoms with van der Waals surface area (Å²) in [7, 11) is 1.64. The summed E-state index contributed by atoms with van der Waals surface area (Å²) in [6.45, 7) is 0. The smallest absolute Gasteiger partial charge is 0.343 e. The molecule has 1 aliphatic carbocycles. The second-order valence-electron chi connectivity index (χ2n) is 5.68. The van der Waals surface area contributed by atoms with Crippen molar-refractivity contribution < 1.29 is 9.15 Å². The van der Waals surface area contributed by atoms with E-state index in [0.717, 1.165) is 40.9 Å². The van der Waals surface area contributed by atoms with Crippen LogP contribution in [0, 0.1) is 0 Å². The maximum atomic E-state index is 12.3. The first-order valence-electron chi connectivity index (χ1n) is 7.48. The topological polar surface area (TPSA) is 39.4 Å². The first-order chi connectivity index (χ1) is 10.8. The van der Waals surface area contributed by atoms with E-state index < -0.39 is 0 Å². The van der Waals surface area contributed by atoms with E-state index in [1.165, 1.54) is 0 Å². The molecular formula is C19H16O3. The van der Waals surface area contributed by atoms with Crippen LogP contribution in [0.4, 0.5) is 0 Å². The van der Waals surface area contributed by atoms with Crippen LogP contribution in [0.3, 0.4) is 0 Å². The number of hydrogen-bond acceptors (Lipinski definition) is 3. The molecule has 3 aromatic rings. The molecule has 1 aliphatic rings. The number of rotatable bonds is 3. The molecule has 0 bridgehead atoms. The van der Waals surface area contributed by atoms with Gasteiger partial charge >= 0.3 is 5.63 Å². The van der Waals surface area contributed by atoms with Crippen molar-refractivity contribution in [2.24, 2.45) is 0 Å². The highest BCUT2D eigenvalue weighted by Crippen LogP contribution is 2.46. The van der Waals surface area contributed by atoms with Crippen LogP contribution in [-0.2, 0) is 0 Å². The normalized spacial score (nSPS) is 14.2. The van der Waals surface area contributed by atoms with E-state index in [9.17, 15) is 4.79 Å². The molecule has 0 aliphatic heterocycles. The summed E-state index contributed by atoms with van der Waals surface area (Å²) in [5, 5.41) is 1.51. The molecule has 0 saturated heterocycles. The standard InChI is InChI=1S/C19H16O3/c1-21-14-9-10-15-16(11-14)17(12-5-3-2-4-6-12)18(13-7-8-13)22-19(15)20/h2-6,9-11,13H,7-8H2,1H3. The summed E-state index contributed by atoms with van der Waals surface area (Å²) in [6.07, 6.45) is 2.16. The van der Waals surface area contributed by atoms with E-state index in [1.54, 1.807) is 19.2 Å². The van der Waals surface area contributed by atoms with Crippen LogP contribution < -0.4 is 10.4 Å². The summed E-state index contributed by atoms with van der Waals surface area (Å²) in [4.78, 5) is 12.3. The van der Waals surface area contributed by atoms with Gasteiger partial charge in [0.1, 0.15) is 11.5 Å². The van der Waals surface area contributed by atoms with Crippen molar-refractivity contribution in [3.63, 3.8) is 0 Å². The van der Waals surface area contributed by atoms with E-state index in [4.69, 9.17) is 9.15 Å². The average molecular weight is 292 g/mol. The highest BCUT2D eigenvalue weighted by molar-refractivity contribution is 5.97. The van der Waals surface area contributed by atoms with Crippen LogP contribution in [-0.4, -0.2) is 7.11 Å². The van der Waals surface area contributed by atoms with Gasteiger partial charge in [-0.05, 0) is 36.6 Å². The molecule has 1 fully saturated rings. The van der Waals surface area contributed by atoms with Crippen LogP contribution in [0.5, 0.6) is 5.75 Å². The van der Waals surface area contributed by atoms with Gasteiger partial charge in [-0.3, -0.25) is 0 Å². The second-order valence-corrected chi connectivity index (χ2v) is 5.68. The lowest BCUT2D eigenvalue weighted by Crippen LogP contribution is -2.04. The lowest BCUT2D eigenvalue weighted by Gasteiger charge is -2.12. The van der Waals surface area contributed by atoms with Gasteiger partial charge in [0.2, 0.25) is 0 Å². The predicted octanol–water partition coefficient (Wildman–Crippen LogP) is 4.35. The fraction of sp³-hybridized carbons (Fsp3) is 0.211. The molecule has 0 spiro atoms. The summed E-state index contributed by atoms with van der Waals surface area (Å²) < 4.78 is 11.0. The lowest BCUT2D eigenvalue weighted by molar-refractivity contribution is 0.415. The molecule has 1 aromatic heterocycles. The number of methoxy groups -OCH3 is 1. The minimum atomic E-state index is -0.265. The van der Waals surface area contributed by atoms with E-state index in [-0.39, 0.29) is 5.63 Å². The van der Waals surface area contributed by atoms with Crippen LogP contribution in [0.25, 0.3) is 21.9 Å². The zero-order valence-corrected chi connectivity index (χ0v) is 12.3. The van der Waals surface area contributed by atoms with Crippen molar-refractivity contribution in [2.75, 3.05) is 7.11 Å². The minimum absolute atomic E-state index is 0.265. The van der Waals surface area contributed by atoms with Gasteiger partial charge in [0.15, 0.2) is 0 Å². The van der Waals surface area contributed by atoms with Gasteiger partial charge in [-0.2, -0.15) is 0 Å². The van der Waals surface area contributed by atoms with Gasteiger partial charge < -0.3 is 9.15 Å². The molecule has 0 amide bonds. The van der Waals surface area contributed by atoms with Gasteiger partial charge in [0.05, 0.1) is 12.5 Å². The molecule has 0 unspecified atom stereocenters.